The number of hydrogen-bond acceptors (Lipinski definition) is 2. The Bertz CT molecular complexity index is 998. The summed E-state index contributed by atoms with van der Waals surface area (Å²) in [5.41, 5.74) is -1.23. The molecule has 130 valence electrons. The zero-order valence-corrected chi connectivity index (χ0v) is 13.3. The van der Waals surface area contributed by atoms with Gasteiger partial charge in [-0.05, 0) is 36.8 Å². The van der Waals surface area contributed by atoms with Gasteiger partial charge in [-0.15, -0.1) is 0 Å². The highest BCUT2D eigenvalue weighted by molar-refractivity contribution is 5.78. The van der Waals surface area contributed by atoms with E-state index in [2.05, 4.69) is 4.98 Å². The summed E-state index contributed by atoms with van der Waals surface area (Å²) in [4.78, 5) is 17.1. The van der Waals surface area contributed by atoms with Gasteiger partial charge in [0.25, 0.3) is 12.0 Å². The van der Waals surface area contributed by atoms with Gasteiger partial charge in [-0.3, -0.25) is 9.36 Å². The van der Waals surface area contributed by atoms with E-state index in [4.69, 9.17) is 0 Å². The van der Waals surface area contributed by atoms with Gasteiger partial charge in [-0.1, -0.05) is 13.0 Å². The summed E-state index contributed by atoms with van der Waals surface area (Å²) in [7, 11) is 0. The quantitative estimate of drug-likeness (QED) is 0.647. The molecule has 3 rings (SSSR count). The molecule has 0 aliphatic heterocycles. The zero-order chi connectivity index (χ0) is 18.1. The minimum Gasteiger partial charge on any atom is -0.268 e. The molecule has 0 amide bonds. The smallest absolute Gasteiger partial charge is 0.268 e. The normalized spacial score (nSPS) is 11.4. The highest BCUT2D eigenvalue weighted by Gasteiger charge is 2.18. The molecule has 3 nitrogen and oxygen atoms in total. The summed E-state index contributed by atoms with van der Waals surface area (Å²) in [6, 6.07) is 6.73. The minimum atomic E-state index is -2.90. The fraction of sp³-hybridized carbons (Fsp3) is 0.222. The standard InChI is InChI=1S/C18H14F4N2O/c1-2-4-15-23-14-6-3-5-13(20)16(14)18(25)24(15)12-8-10(17(21)22)7-11(19)9-12/h3,5-9,17H,2,4H2,1H3. The van der Waals surface area contributed by atoms with E-state index < -0.39 is 29.2 Å². The molecular formula is C18H14F4N2O. The first-order chi connectivity index (χ1) is 11.9. The number of alkyl halides is 2. The fourth-order valence-electron chi connectivity index (χ4n) is 2.74. The summed E-state index contributed by atoms with van der Waals surface area (Å²) >= 11 is 0. The van der Waals surface area contributed by atoms with Crippen molar-refractivity contribution < 1.29 is 17.6 Å². The summed E-state index contributed by atoms with van der Waals surface area (Å²) in [6.45, 7) is 1.85. The number of rotatable bonds is 4. The van der Waals surface area contributed by atoms with Crippen LogP contribution in [-0.4, -0.2) is 9.55 Å². The second-order valence-electron chi connectivity index (χ2n) is 5.60. The van der Waals surface area contributed by atoms with E-state index in [1.807, 2.05) is 6.92 Å². The Hall–Kier alpha value is -2.70. The maximum Gasteiger partial charge on any atom is 0.268 e. The molecule has 7 heteroatoms. The third-order valence-electron chi connectivity index (χ3n) is 3.80. The molecule has 0 atom stereocenters. The van der Waals surface area contributed by atoms with Crippen molar-refractivity contribution in [1.29, 1.82) is 0 Å². The maximum atomic E-state index is 14.1. The monoisotopic (exact) mass is 350 g/mol. The van der Waals surface area contributed by atoms with Gasteiger partial charge in [0.05, 0.1) is 11.2 Å². The largest absolute Gasteiger partial charge is 0.268 e. The highest BCUT2D eigenvalue weighted by Crippen LogP contribution is 2.24. The van der Waals surface area contributed by atoms with Crippen LogP contribution in [0.2, 0.25) is 0 Å². The molecule has 0 fully saturated rings. The Morgan fingerprint density at radius 3 is 2.60 bits per heavy atom. The number of aryl methyl sites for hydroxylation is 1. The Morgan fingerprint density at radius 2 is 1.92 bits per heavy atom. The highest BCUT2D eigenvalue weighted by atomic mass is 19.3. The van der Waals surface area contributed by atoms with Crippen LogP contribution in [-0.2, 0) is 6.42 Å². The van der Waals surface area contributed by atoms with Gasteiger partial charge in [0.2, 0.25) is 0 Å². The van der Waals surface area contributed by atoms with Crippen molar-refractivity contribution in [3.63, 3.8) is 0 Å². The van der Waals surface area contributed by atoms with Crippen molar-refractivity contribution in [3.05, 3.63) is 69.8 Å². The summed E-state index contributed by atoms with van der Waals surface area (Å²) in [6.07, 6.45) is -1.93. The first-order valence-electron chi connectivity index (χ1n) is 7.71. The zero-order valence-electron chi connectivity index (χ0n) is 13.3. The van der Waals surface area contributed by atoms with Crippen molar-refractivity contribution in [2.45, 2.75) is 26.2 Å². The molecule has 0 saturated carbocycles. The van der Waals surface area contributed by atoms with Crippen LogP contribution in [0.1, 0.15) is 31.2 Å². The third kappa shape index (κ3) is 3.14. The van der Waals surface area contributed by atoms with Crippen LogP contribution < -0.4 is 5.56 Å². The van der Waals surface area contributed by atoms with Crippen molar-refractivity contribution in [2.24, 2.45) is 0 Å². The van der Waals surface area contributed by atoms with E-state index >= 15 is 0 Å². The Kier molecular flexibility index (Phi) is 4.57. The van der Waals surface area contributed by atoms with Crippen LogP contribution in [0.4, 0.5) is 17.6 Å². The van der Waals surface area contributed by atoms with E-state index in [9.17, 15) is 22.4 Å². The van der Waals surface area contributed by atoms with Crippen molar-refractivity contribution in [1.82, 2.24) is 9.55 Å². The van der Waals surface area contributed by atoms with Crippen LogP contribution in [0.5, 0.6) is 0 Å². The molecule has 0 N–H and O–H groups in total. The number of halogens is 4. The molecule has 3 aromatic rings. The Labute approximate surface area is 140 Å². The number of fused-ring (bicyclic) bond motifs is 1. The lowest BCUT2D eigenvalue weighted by Crippen LogP contribution is -2.25. The van der Waals surface area contributed by atoms with Gasteiger partial charge in [0.1, 0.15) is 22.8 Å². The molecule has 25 heavy (non-hydrogen) atoms. The first kappa shape index (κ1) is 17.1. The van der Waals surface area contributed by atoms with Crippen LogP contribution in [0.25, 0.3) is 16.6 Å². The van der Waals surface area contributed by atoms with Crippen LogP contribution in [0.15, 0.2) is 41.2 Å². The molecule has 0 bridgehead atoms. The van der Waals surface area contributed by atoms with Gasteiger partial charge >= 0.3 is 0 Å². The molecule has 0 saturated heterocycles. The third-order valence-corrected chi connectivity index (χ3v) is 3.80. The van der Waals surface area contributed by atoms with E-state index in [1.54, 1.807) is 0 Å². The first-order valence-corrected chi connectivity index (χ1v) is 7.71. The van der Waals surface area contributed by atoms with Crippen molar-refractivity contribution in [3.8, 4) is 5.69 Å². The average molecular weight is 350 g/mol. The van der Waals surface area contributed by atoms with Gasteiger partial charge in [0, 0.05) is 12.0 Å². The van der Waals surface area contributed by atoms with Gasteiger partial charge < -0.3 is 0 Å². The van der Waals surface area contributed by atoms with Gasteiger partial charge in [-0.2, -0.15) is 0 Å². The topological polar surface area (TPSA) is 34.9 Å². The van der Waals surface area contributed by atoms with Crippen LogP contribution in [0, 0.1) is 11.6 Å². The summed E-state index contributed by atoms with van der Waals surface area (Å²) in [5.74, 6) is -1.41. The predicted molar refractivity (Wildman–Crippen MR) is 86.2 cm³/mol. The van der Waals surface area contributed by atoms with E-state index in [-0.39, 0.29) is 22.4 Å². The van der Waals surface area contributed by atoms with E-state index in [0.29, 0.717) is 18.9 Å². The average Bonchev–Trinajstić information content (AvgIpc) is 2.54. The Morgan fingerprint density at radius 1 is 1.16 bits per heavy atom. The lowest BCUT2D eigenvalue weighted by Gasteiger charge is -2.14. The van der Waals surface area contributed by atoms with E-state index in [0.717, 1.165) is 22.8 Å². The van der Waals surface area contributed by atoms with Crippen LogP contribution >= 0.6 is 0 Å². The molecule has 1 heterocycles. The number of benzene rings is 2. The van der Waals surface area contributed by atoms with Crippen molar-refractivity contribution in [2.75, 3.05) is 0 Å². The molecule has 1 aromatic heterocycles. The minimum absolute atomic E-state index is 0.0959. The SMILES string of the molecule is CCCc1nc2cccc(F)c2c(=O)n1-c1cc(F)cc(C(F)F)c1. The fourth-order valence-corrected chi connectivity index (χ4v) is 2.74. The van der Waals surface area contributed by atoms with Gasteiger partial charge in [-0.25, -0.2) is 22.5 Å². The summed E-state index contributed by atoms with van der Waals surface area (Å²) in [5, 5.41) is -0.259. The number of aromatic nitrogens is 2. The van der Waals surface area contributed by atoms with Gasteiger partial charge in [0.15, 0.2) is 0 Å². The molecule has 0 aliphatic carbocycles. The lowest BCUT2D eigenvalue weighted by atomic mass is 10.1. The lowest BCUT2D eigenvalue weighted by molar-refractivity contribution is 0.151. The molecule has 0 radical (unpaired) electrons. The van der Waals surface area contributed by atoms with Crippen LogP contribution in [0.3, 0.4) is 0 Å². The number of nitrogens with zero attached hydrogens (tertiary/aromatic N) is 2. The second-order valence-corrected chi connectivity index (χ2v) is 5.60. The molecule has 0 spiro atoms. The second kappa shape index (κ2) is 6.66. The maximum absolute atomic E-state index is 14.1. The molecule has 2 aromatic carbocycles. The molecule has 0 unspecified atom stereocenters. The number of hydrogen-bond donors (Lipinski definition) is 0. The molecule has 0 aliphatic rings. The predicted octanol–water partition coefficient (Wildman–Crippen LogP) is 4.55. The Balaban J connectivity index is 2.38. The van der Waals surface area contributed by atoms with E-state index in [1.165, 1.54) is 12.1 Å². The molecular weight excluding hydrogens is 336 g/mol. The summed E-state index contributed by atoms with van der Waals surface area (Å²) < 4.78 is 54.8. The van der Waals surface area contributed by atoms with Crippen molar-refractivity contribution >= 4 is 10.9 Å².